The van der Waals surface area contributed by atoms with E-state index in [0.29, 0.717) is 17.2 Å². The average Bonchev–Trinajstić information content (AvgIpc) is 3.22. The Hall–Kier alpha value is -3.41. The normalized spacial score (nSPS) is 11.5. The number of urea groups is 1. The Labute approximate surface area is 158 Å². The number of nitrogens with one attached hydrogen (secondary N) is 2. The van der Waals surface area contributed by atoms with Gasteiger partial charge in [0.2, 0.25) is 0 Å². The van der Waals surface area contributed by atoms with Crippen LogP contribution < -0.4 is 20.1 Å². The van der Waals surface area contributed by atoms with Gasteiger partial charge >= 0.3 is 6.03 Å². The van der Waals surface area contributed by atoms with E-state index in [9.17, 15) is 4.79 Å². The van der Waals surface area contributed by atoms with Gasteiger partial charge < -0.3 is 24.7 Å². The smallest absolute Gasteiger partial charge is 0.319 e. The number of carbonyl (C=O) groups excluding carboxylic acids is 1. The monoisotopic (exact) mass is 365 g/mol. The van der Waals surface area contributed by atoms with Gasteiger partial charge in [-0.15, -0.1) is 0 Å². The number of benzene rings is 2. The number of hydrogen-bond donors (Lipinski definition) is 2. The highest BCUT2D eigenvalue weighted by molar-refractivity contribution is 5.89. The molecular weight excluding hydrogens is 342 g/mol. The summed E-state index contributed by atoms with van der Waals surface area (Å²) in [5.74, 6) is 1.40. The molecule has 0 bridgehead atoms. The van der Waals surface area contributed by atoms with E-state index < -0.39 is 0 Å². The Bertz CT molecular complexity index is 907. The predicted octanol–water partition coefficient (Wildman–Crippen LogP) is 4.38. The van der Waals surface area contributed by atoms with Crippen molar-refractivity contribution in [3.8, 4) is 17.2 Å². The summed E-state index contributed by atoms with van der Waals surface area (Å²) in [6.07, 6.45) is 3.91. The van der Waals surface area contributed by atoms with Crippen LogP contribution in [-0.2, 0) is 0 Å². The third-order valence-electron chi connectivity index (χ3n) is 4.26. The van der Waals surface area contributed by atoms with Gasteiger partial charge in [0.1, 0.15) is 11.5 Å². The first-order valence-corrected chi connectivity index (χ1v) is 8.63. The summed E-state index contributed by atoms with van der Waals surface area (Å²) < 4.78 is 12.6. The molecule has 0 saturated carbocycles. The molecule has 1 atom stereocenters. The molecule has 0 saturated heterocycles. The lowest BCUT2D eigenvalue weighted by Gasteiger charge is -2.19. The first-order valence-electron chi connectivity index (χ1n) is 8.63. The zero-order chi connectivity index (χ0) is 19.2. The summed E-state index contributed by atoms with van der Waals surface area (Å²) >= 11 is 0. The molecular formula is C21H23N3O3. The van der Waals surface area contributed by atoms with Gasteiger partial charge in [0.25, 0.3) is 0 Å². The first kappa shape index (κ1) is 18.4. The fourth-order valence-electron chi connectivity index (χ4n) is 2.87. The third kappa shape index (κ3) is 4.41. The van der Waals surface area contributed by atoms with Crippen LogP contribution in [0.15, 0.2) is 67.0 Å². The zero-order valence-electron chi connectivity index (χ0n) is 15.6. The number of ether oxygens (including phenoxy) is 2. The van der Waals surface area contributed by atoms with Crippen LogP contribution in [0.4, 0.5) is 10.5 Å². The minimum Gasteiger partial charge on any atom is -0.497 e. The highest BCUT2D eigenvalue weighted by Gasteiger charge is 2.15. The van der Waals surface area contributed by atoms with Gasteiger partial charge in [-0.05, 0) is 55.5 Å². The van der Waals surface area contributed by atoms with Gasteiger partial charge in [-0.3, -0.25) is 0 Å². The molecule has 6 heteroatoms. The molecule has 0 spiro atoms. The Morgan fingerprint density at radius 2 is 1.78 bits per heavy atom. The van der Waals surface area contributed by atoms with Gasteiger partial charge in [-0.1, -0.05) is 6.07 Å². The van der Waals surface area contributed by atoms with Crippen LogP contribution >= 0.6 is 0 Å². The quantitative estimate of drug-likeness (QED) is 0.681. The molecule has 1 unspecified atom stereocenters. The minimum absolute atomic E-state index is 0.261. The number of rotatable bonds is 6. The molecule has 140 valence electrons. The van der Waals surface area contributed by atoms with Crippen molar-refractivity contribution in [1.29, 1.82) is 0 Å². The number of methoxy groups -OCH3 is 2. The lowest BCUT2D eigenvalue weighted by molar-refractivity contribution is 0.249. The highest BCUT2D eigenvalue weighted by Crippen LogP contribution is 2.29. The SMILES string of the molecule is COc1ccc(OC)c(C(C)NC(=O)Nc2cccc(-n3cccc3)c2)c1. The largest absolute Gasteiger partial charge is 0.497 e. The van der Waals surface area contributed by atoms with Gasteiger partial charge in [0, 0.05) is 29.3 Å². The molecule has 27 heavy (non-hydrogen) atoms. The molecule has 0 fully saturated rings. The van der Waals surface area contributed by atoms with E-state index in [4.69, 9.17) is 9.47 Å². The average molecular weight is 365 g/mol. The van der Waals surface area contributed by atoms with Crippen molar-refractivity contribution in [3.05, 3.63) is 72.6 Å². The Kier molecular flexibility index (Phi) is 5.66. The molecule has 0 aliphatic rings. The maximum Gasteiger partial charge on any atom is 0.319 e. The van der Waals surface area contributed by atoms with E-state index in [1.165, 1.54) is 0 Å². The van der Waals surface area contributed by atoms with Crippen molar-refractivity contribution in [2.75, 3.05) is 19.5 Å². The summed E-state index contributed by atoms with van der Waals surface area (Å²) in [5, 5.41) is 5.81. The Balaban J connectivity index is 1.70. The molecule has 3 aromatic rings. The van der Waals surface area contributed by atoms with Crippen LogP contribution in [-0.4, -0.2) is 24.8 Å². The Morgan fingerprint density at radius 3 is 2.48 bits per heavy atom. The van der Waals surface area contributed by atoms with Crippen LogP contribution in [0, 0.1) is 0 Å². The van der Waals surface area contributed by atoms with Crippen LogP contribution in [0.5, 0.6) is 11.5 Å². The van der Waals surface area contributed by atoms with Crippen molar-refractivity contribution >= 4 is 11.7 Å². The van der Waals surface area contributed by atoms with Crippen molar-refractivity contribution in [2.24, 2.45) is 0 Å². The van der Waals surface area contributed by atoms with E-state index in [2.05, 4.69) is 10.6 Å². The van der Waals surface area contributed by atoms with E-state index in [1.807, 2.05) is 78.5 Å². The Morgan fingerprint density at radius 1 is 1.00 bits per heavy atom. The van der Waals surface area contributed by atoms with Gasteiger partial charge in [0.15, 0.2) is 0 Å². The molecule has 0 aliphatic carbocycles. The lowest BCUT2D eigenvalue weighted by Crippen LogP contribution is -2.31. The predicted molar refractivity (Wildman–Crippen MR) is 106 cm³/mol. The molecule has 2 aromatic carbocycles. The fourth-order valence-corrected chi connectivity index (χ4v) is 2.87. The number of carbonyl (C=O) groups is 1. The number of hydrogen-bond acceptors (Lipinski definition) is 3. The van der Waals surface area contributed by atoms with Gasteiger partial charge in [0.05, 0.1) is 20.3 Å². The molecule has 0 aliphatic heterocycles. The van der Waals surface area contributed by atoms with Crippen LogP contribution in [0.2, 0.25) is 0 Å². The van der Waals surface area contributed by atoms with Gasteiger partial charge in [-0.25, -0.2) is 4.79 Å². The summed E-state index contributed by atoms with van der Waals surface area (Å²) in [6, 6.07) is 16.5. The lowest BCUT2D eigenvalue weighted by atomic mass is 10.1. The van der Waals surface area contributed by atoms with Crippen LogP contribution in [0.1, 0.15) is 18.5 Å². The van der Waals surface area contributed by atoms with Crippen molar-refractivity contribution in [1.82, 2.24) is 9.88 Å². The van der Waals surface area contributed by atoms with Crippen LogP contribution in [0.25, 0.3) is 5.69 Å². The maximum absolute atomic E-state index is 12.4. The fraction of sp³-hybridized carbons (Fsp3) is 0.190. The van der Waals surface area contributed by atoms with E-state index >= 15 is 0 Å². The standard InChI is InChI=1S/C21H23N3O3/c1-15(19-14-18(26-2)9-10-20(19)27-3)22-21(25)23-16-7-6-8-17(13-16)24-11-4-5-12-24/h4-15H,1-3H3,(H2,22,23,25). The maximum atomic E-state index is 12.4. The summed E-state index contributed by atoms with van der Waals surface area (Å²) in [6.45, 7) is 1.90. The first-order chi connectivity index (χ1) is 13.1. The number of nitrogens with zero attached hydrogens (tertiary/aromatic N) is 1. The number of anilines is 1. The second-order valence-electron chi connectivity index (χ2n) is 6.07. The number of amides is 2. The van der Waals surface area contributed by atoms with E-state index in [0.717, 1.165) is 11.3 Å². The van der Waals surface area contributed by atoms with Crippen molar-refractivity contribution in [2.45, 2.75) is 13.0 Å². The molecule has 1 aromatic heterocycles. The molecule has 2 amide bonds. The minimum atomic E-state index is -0.294. The van der Waals surface area contributed by atoms with E-state index in [-0.39, 0.29) is 12.1 Å². The summed E-state index contributed by atoms with van der Waals surface area (Å²) in [5.41, 5.74) is 2.52. The van der Waals surface area contributed by atoms with E-state index in [1.54, 1.807) is 14.2 Å². The van der Waals surface area contributed by atoms with Gasteiger partial charge in [-0.2, -0.15) is 0 Å². The van der Waals surface area contributed by atoms with Crippen molar-refractivity contribution < 1.29 is 14.3 Å². The third-order valence-corrected chi connectivity index (χ3v) is 4.26. The summed E-state index contributed by atoms with van der Waals surface area (Å²) in [4.78, 5) is 12.4. The zero-order valence-corrected chi connectivity index (χ0v) is 15.6. The second kappa shape index (κ2) is 8.31. The van der Waals surface area contributed by atoms with Crippen molar-refractivity contribution in [3.63, 3.8) is 0 Å². The second-order valence-corrected chi connectivity index (χ2v) is 6.07. The highest BCUT2D eigenvalue weighted by atomic mass is 16.5. The molecule has 6 nitrogen and oxygen atoms in total. The molecule has 1 heterocycles. The number of aromatic nitrogens is 1. The van der Waals surface area contributed by atoms with Crippen LogP contribution in [0.3, 0.4) is 0 Å². The molecule has 3 rings (SSSR count). The topological polar surface area (TPSA) is 64.5 Å². The summed E-state index contributed by atoms with van der Waals surface area (Å²) in [7, 11) is 3.21. The molecule has 2 N–H and O–H groups in total. The molecule has 0 radical (unpaired) electrons.